The first-order chi connectivity index (χ1) is 19.8. The fraction of sp³-hybridized carbons (Fsp3) is 0.233. The highest BCUT2D eigenvalue weighted by atomic mass is 19.4. The van der Waals surface area contributed by atoms with Crippen LogP contribution in [0.3, 0.4) is 0 Å². The predicted molar refractivity (Wildman–Crippen MR) is 146 cm³/mol. The first-order valence-corrected chi connectivity index (χ1v) is 12.8. The number of nitrogens with one attached hydrogen (secondary N) is 2. The lowest BCUT2D eigenvalue weighted by molar-refractivity contribution is -0.137. The fourth-order valence-corrected chi connectivity index (χ4v) is 4.08. The molecule has 1 aliphatic rings. The number of amides is 1. The lowest BCUT2D eigenvalue weighted by Crippen LogP contribution is -2.27. The average molecular weight is 586 g/mol. The minimum Gasteiger partial charge on any atom is -0.395 e. The van der Waals surface area contributed by atoms with Crippen LogP contribution in [0.2, 0.25) is 0 Å². The molecule has 0 spiro atoms. The number of aliphatic imine (C=N–C) groups is 1. The molecule has 42 heavy (non-hydrogen) atoms. The van der Waals surface area contributed by atoms with Crippen molar-refractivity contribution < 1.29 is 31.1 Å². The predicted octanol–water partition coefficient (Wildman–Crippen LogP) is 6.78. The molecule has 1 saturated carbocycles. The zero-order chi connectivity index (χ0) is 30.5. The summed E-state index contributed by atoms with van der Waals surface area (Å²) in [6.07, 6.45) is -7.07. The van der Waals surface area contributed by atoms with Gasteiger partial charge in [0.05, 0.1) is 28.9 Å². The Labute approximate surface area is 237 Å². The zero-order valence-corrected chi connectivity index (χ0v) is 21.9. The molecule has 0 saturated heterocycles. The first kappa shape index (κ1) is 30.3. The van der Waals surface area contributed by atoms with E-state index < -0.39 is 41.3 Å². The van der Waals surface area contributed by atoms with Crippen LogP contribution >= 0.6 is 0 Å². The minimum absolute atomic E-state index is 0.0491. The van der Waals surface area contributed by atoms with Crippen LogP contribution in [0.15, 0.2) is 89.6 Å². The number of nitrogens with two attached hydrogens (primary N) is 1. The van der Waals surface area contributed by atoms with Crippen LogP contribution < -0.4 is 16.4 Å². The molecule has 1 unspecified atom stereocenters. The van der Waals surface area contributed by atoms with Crippen molar-refractivity contribution in [3.8, 4) is 6.07 Å². The summed E-state index contributed by atoms with van der Waals surface area (Å²) in [6.45, 7) is 0.567. The Morgan fingerprint density at radius 2 is 1.67 bits per heavy atom. The molecular weight excluding hydrogens is 560 g/mol. The van der Waals surface area contributed by atoms with E-state index in [4.69, 9.17) is 11.0 Å². The number of halogens is 6. The lowest BCUT2D eigenvalue weighted by Gasteiger charge is -2.22. The fourth-order valence-electron chi connectivity index (χ4n) is 4.08. The molecule has 3 aromatic carbocycles. The Morgan fingerprint density at radius 3 is 2.31 bits per heavy atom. The Morgan fingerprint density at radius 1 is 1.00 bits per heavy atom. The largest absolute Gasteiger partial charge is 0.430 e. The summed E-state index contributed by atoms with van der Waals surface area (Å²) in [5, 5.41) is 14.9. The number of hydrogen-bond donors (Lipinski definition) is 3. The van der Waals surface area contributed by atoms with E-state index in [1.807, 2.05) is 6.07 Å². The molecule has 0 heterocycles. The normalized spacial score (nSPS) is 15.2. The molecule has 4 N–H and O–H groups in total. The molecular formula is C30H25F6N5O. The van der Waals surface area contributed by atoms with E-state index in [1.165, 1.54) is 42.5 Å². The number of rotatable bonds is 9. The van der Waals surface area contributed by atoms with Gasteiger partial charge in [0, 0.05) is 5.69 Å². The van der Waals surface area contributed by atoms with Crippen LogP contribution in [0.1, 0.15) is 41.1 Å². The van der Waals surface area contributed by atoms with Crippen molar-refractivity contribution in [1.82, 2.24) is 5.32 Å². The number of carbonyl (C=O) groups is 1. The Balaban J connectivity index is 1.67. The van der Waals surface area contributed by atoms with Gasteiger partial charge >= 0.3 is 12.4 Å². The second-order valence-electron chi connectivity index (χ2n) is 9.74. The maximum atomic E-state index is 13.4. The van der Waals surface area contributed by atoms with Crippen molar-refractivity contribution >= 4 is 23.0 Å². The molecule has 0 aliphatic heterocycles. The quantitative estimate of drug-likeness (QED) is 0.190. The van der Waals surface area contributed by atoms with Crippen LogP contribution in [0.5, 0.6) is 0 Å². The third kappa shape index (κ3) is 8.20. The van der Waals surface area contributed by atoms with Crippen LogP contribution in [0, 0.1) is 17.2 Å². The number of nitrogens with zero attached hydrogens (tertiary/aromatic N) is 2. The summed E-state index contributed by atoms with van der Waals surface area (Å²) in [5.74, 6) is -0.617. The maximum Gasteiger partial charge on any atom is 0.430 e. The number of carbonyl (C=O) groups excluding carboxylic acids is 1. The summed E-state index contributed by atoms with van der Waals surface area (Å²) in [6, 6.07) is 18.0. The van der Waals surface area contributed by atoms with Crippen molar-refractivity contribution in [1.29, 1.82) is 5.26 Å². The number of anilines is 1. The van der Waals surface area contributed by atoms with Gasteiger partial charge in [-0.25, -0.2) is 4.99 Å². The Hall–Kier alpha value is -4.63. The van der Waals surface area contributed by atoms with Crippen molar-refractivity contribution in [2.24, 2.45) is 16.6 Å². The van der Waals surface area contributed by atoms with E-state index in [0.717, 1.165) is 25.0 Å². The number of hydrogen-bond acceptors (Lipinski definition) is 5. The number of benzene rings is 3. The van der Waals surface area contributed by atoms with E-state index in [1.54, 1.807) is 18.2 Å². The molecule has 1 amide bonds. The van der Waals surface area contributed by atoms with Crippen molar-refractivity contribution in [3.05, 3.63) is 107 Å². The standard InChI is InChI=1S/C30H25F6N5O/c31-29(32,33)22-7-2-5-20(13-22)27(39-17-18-10-11-18)21-6-3-9-24(14-21)41-28(42)25(15-26(38)30(34,35)36)40-23-8-1-4-19(12-23)16-37/h1-9,12-15,18,27,39H,10-11,17,38H2,(H,41,42). The van der Waals surface area contributed by atoms with Gasteiger partial charge in [0.25, 0.3) is 5.91 Å². The molecule has 4 rings (SSSR count). The molecule has 0 aromatic heterocycles. The van der Waals surface area contributed by atoms with Crippen molar-refractivity contribution in [2.75, 3.05) is 11.9 Å². The lowest BCUT2D eigenvalue weighted by atomic mass is 9.96. The van der Waals surface area contributed by atoms with Gasteiger partial charge in [-0.3, -0.25) is 4.79 Å². The second-order valence-corrected chi connectivity index (χ2v) is 9.74. The second kappa shape index (κ2) is 12.5. The van der Waals surface area contributed by atoms with Gasteiger partial charge in [0.2, 0.25) is 0 Å². The summed E-state index contributed by atoms with van der Waals surface area (Å²) in [5.41, 5.74) is 3.39. The molecule has 218 valence electrons. The molecule has 0 bridgehead atoms. The van der Waals surface area contributed by atoms with Gasteiger partial charge in [-0.15, -0.1) is 0 Å². The smallest absolute Gasteiger partial charge is 0.395 e. The highest BCUT2D eigenvalue weighted by Crippen LogP contribution is 2.34. The maximum absolute atomic E-state index is 13.4. The summed E-state index contributed by atoms with van der Waals surface area (Å²) in [4.78, 5) is 17.1. The SMILES string of the molecule is N#Cc1cccc(N=C(C=C(N)C(F)(F)F)C(=O)Nc2cccc(C(NCC3CC3)c3cccc(C(F)(F)F)c3)c2)c1. The minimum atomic E-state index is -4.93. The monoisotopic (exact) mass is 585 g/mol. The molecule has 6 nitrogen and oxygen atoms in total. The molecule has 12 heteroatoms. The van der Waals surface area contributed by atoms with Crippen LogP contribution in [0.4, 0.5) is 37.7 Å². The zero-order valence-electron chi connectivity index (χ0n) is 21.9. The summed E-state index contributed by atoms with van der Waals surface area (Å²) < 4.78 is 79.9. The summed E-state index contributed by atoms with van der Waals surface area (Å²) >= 11 is 0. The van der Waals surface area contributed by atoms with E-state index in [9.17, 15) is 31.1 Å². The van der Waals surface area contributed by atoms with E-state index >= 15 is 0 Å². The molecule has 1 atom stereocenters. The number of nitriles is 1. The van der Waals surface area contributed by atoms with Gasteiger partial charge in [0.15, 0.2) is 0 Å². The topological polar surface area (TPSA) is 103 Å². The molecule has 1 aliphatic carbocycles. The van der Waals surface area contributed by atoms with E-state index in [0.29, 0.717) is 29.7 Å². The number of allylic oxidation sites excluding steroid dienone is 1. The van der Waals surface area contributed by atoms with Gasteiger partial charge in [-0.2, -0.15) is 31.6 Å². The van der Waals surface area contributed by atoms with E-state index in [-0.39, 0.29) is 16.9 Å². The Kier molecular flexibility index (Phi) is 9.02. The summed E-state index contributed by atoms with van der Waals surface area (Å²) in [7, 11) is 0. The van der Waals surface area contributed by atoms with Gasteiger partial charge in [-0.1, -0.05) is 30.3 Å². The average Bonchev–Trinajstić information content (AvgIpc) is 3.77. The van der Waals surface area contributed by atoms with Crippen molar-refractivity contribution in [3.63, 3.8) is 0 Å². The first-order valence-electron chi connectivity index (χ1n) is 12.8. The van der Waals surface area contributed by atoms with Gasteiger partial charge < -0.3 is 16.4 Å². The molecule has 3 aromatic rings. The molecule has 1 fully saturated rings. The Bertz CT molecular complexity index is 1550. The third-order valence-corrected chi connectivity index (χ3v) is 6.41. The third-order valence-electron chi connectivity index (χ3n) is 6.41. The number of alkyl halides is 6. The highest BCUT2D eigenvalue weighted by Gasteiger charge is 2.33. The van der Waals surface area contributed by atoms with Crippen LogP contribution in [-0.4, -0.2) is 24.3 Å². The van der Waals surface area contributed by atoms with Gasteiger partial charge in [-0.05, 0) is 85.0 Å². The van der Waals surface area contributed by atoms with Crippen LogP contribution in [-0.2, 0) is 11.0 Å². The molecule has 0 radical (unpaired) electrons. The van der Waals surface area contributed by atoms with Gasteiger partial charge in [0.1, 0.15) is 11.4 Å². The van der Waals surface area contributed by atoms with E-state index in [2.05, 4.69) is 15.6 Å². The van der Waals surface area contributed by atoms with Crippen molar-refractivity contribution in [2.45, 2.75) is 31.2 Å². The van der Waals surface area contributed by atoms with Crippen LogP contribution in [0.25, 0.3) is 0 Å². The highest BCUT2D eigenvalue weighted by molar-refractivity contribution is 6.47.